The van der Waals surface area contributed by atoms with Gasteiger partial charge in [0.1, 0.15) is 0 Å². The van der Waals surface area contributed by atoms with E-state index in [1.54, 1.807) is 12.1 Å². The van der Waals surface area contributed by atoms with Crippen molar-refractivity contribution in [1.82, 2.24) is 0 Å². The van der Waals surface area contributed by atoms with Crippen molar-refractivity contribution in [2.45, 2.75) is 31.2 Å². The summed E-state index contributed by atoms with van der Waals surface area (Å²) >= 11 is 0. The van der Waals surface area contributed by atoms with E-state index in [-0.39, 0.29) is 10.9 Å². The van der Waals surface area contributed by atoms with E-state index in [1.165, 1.54) is 17.7 Å². The molecule has 1 atom stereocenters. The summed E-state index contributed by atoms with van der Waals surface area (Å²) in [6.07, 6.45) is 0.993. The molecule has 2 aromatic carbocycles. The van der Waals surface area contributed by atoms with Gasteiger partial charge in [0.25, 0.3) is 0 Å². The van der Waals surface area contributed by atoms with E-state index in [4.69, 9.17) is 5.14 Å². The lowest BCUT2D eigenvalue weighted by Gasteiger charge is -2.16. The standard InChI is InChI=1S/C16H20N2O2S/c1-3-13-5-4-6-15(11-13)18-12(2)14-7-9-16(10-8-14)21(17,19)20/h4-12,18H,3H2,1-2H3,(H2,17,19,20). The summed E-state index contributed by atoms with van der Waals surface area (Å²) in [5.41, 5.74) is 3.33. The number of hydrogen-bond donors (Lipinski definition) is 2. The lowest BCUT2D eigenvalue weighted by Crippen LogP contribution is -2.12. The number of nitrogens with one attached hydrogen (secondary N) is 1. The molecular formula is C16H20N2O2S. The Hall–Kier alpha value is -1.85. The third-order valence-corrected chi connectivity index (χ3v) is 4.36. The van der Waals surface area contributed by atoms with Crippen LogP contribution in [0, 0.1) is 0 Å². The number of benzene rings is 2. The van der Waals surface area contributed by atoms with E-state index >= 15 is 0 Å². The number of nitrogens with two attached hydrogens (primary N) is 1. The Labute approximate surface area is 126 Å². The molecule has 1 unspecified atom stereocenters. The highest BCUT2D eigenvalue weighted by Crippen LogP contribution is 2.21. The number of aryl methyl sites for hydroxylation is 1. The fourth-order valence-electron chi connectivity index (χ4n) is 2.16. The number of primary sulfonamides is 1. The Morgan fingerprint density at radius 3 is 2.38 bits per heavy atom. The second-order valence-electron chi connectivity index (χ2n) is 5.03. The second-order valence-corrected chi connectivity index (χ2v) is 6.60. The SMILES string of the molecule is CCc1cccc(NC(C)c2ccc(S(N)(=O)=O)cc2)c1. The zero-order valence-corrected chi connectivity index (χ0v) is 13.0. The van der Waals surface area contributed by atoms with E-state index in [0.717, 1.165) is 17.7 Å². The molecule has 0 radical (unpaired) electrons. The molecule has 0 aliphatic rings. The van der Waals surface area contributed by atoms with Gasteiger partial charge < -0.3 is 5.32 Å². The van der Waals surface area contributed by atoms with Gasteiger partial charge in [0.2, 0.25) is 10.0 Å². The van der Waals surface area contributed by atoms with Crippen LogP contribution in [-0.4, -0.2) is 8.42 Å². The van der Waals surface area contributed by atoms with Crippen LogP contribution in [0.5, 0.6) is 0 Å². The van der Waals surface area contributed by atoms with Gasteiger partial charge in [-0.1, -0.05) is 31.2 Å². The lowest BCUT2D eigenvalue weighted by molar-refractivity contribution is 0.597. The molecule has 0 aliphatic heterocycles. The molecule has 0 saturated carbocycles. The summed E-state index contributed by atoms with van der Waals surface area (Å²) < 4.78 is 22.5. The van der Waals surface area contributed by atoms with Gasteiger partial charge in [-0.3, -0.25) is 0 Å². The molecular weight excluding hydrogens is 284 g/mol. The molecule has 2 rings (SSSR count). The van der Waals surface area contributed by atoms with Crippen molar-refractivity contribution in [3.05, 3.63) is 59.7 Å². The Kier molecular flexibility index (Phi) is 4.65. The van der Waals surface area contributed by atoms with E-state index < -0.39 is 10.0 Å². The number of rotatable bonds is 5. The van der Waals surface area contributed by atoms with Crippen LogP contribution in [0.1, 0.15) is 31.0 Å². The van der Waals surface area contributed by atoms with Crippen molar-refractivity contribution in [2.24, 2.45) is 5.14 Å². The van der Waals surface area contributed by atoms with E-state index in [0.29, 0.717) is 0 Å². The summed E-state index contributed by atoms with van der Waals surface area (Å²) in [7, 11) is -3.63. The zero-order chi connectivity index (χ0) is 15.5. The first-order valence-corrected chi connectivity index (χ1v) is 8.43. The van der Waals surface area contributed by atoms with Crippen LogP contribution in [-0.2, 0) is 16.4 Å². The lowest BCUT2D eigenvalue weighted by atomic mass is 10.1. The quantitative estimate of drug-likeness (QED) is 0.891. The molecule has 112 valence electrons. The predicted octanol–water partition coefficient (Wildman–Crippen LogP) is 3.07. The van der Waals surface area contributed by atoms with Gasteiger partial charge >= 0.3 is 0 Å². The molecule has 0 saturated heterocycles. The minimum absolute atomic E-state index is 0.0756. The third kappa shape index (κ3) is 4.06. The van der Waals surface area contributed by atoms with Gasteiger partial charge in [-0.15, -0.1) is 0 Å². The largest absolute Gasteiger partial charge is 0.379 e. The Morgan fingerprint density at radius 2 is 1.81 bits per heavy atom. The molecule has 0 amide bonds. The van der Waals surface area contributed by atoms with Gasteiger partial charge in [0.15, 0.2) is 0 Å². The molecule has 3 N–H and O–H groups in total. The fraction of sp³-hybridized carbons (Fsp3) is 0.250. The fourth-order valence-corrected chi connectivity index (χ4v) is 2.68. The molecule has 0 bridgehead atoms. The molecule has 0 fully saturated rings. The van der Waals surface area contributed by atoms with Crippen molar-refractivity contribution in [2.75, 3.05) is 5.32 Å². The van der Waals surface area contributed by atoms with Crippen molar-refractivity contribution in [3.8, 4) is 0 Å². The first kappa shape index (κ1) is 15.5. The zero-order valence-electron chi connectivity index (χ0n) is 12.2. The molecule has 0 aromatic heterocycles. The summed E-state index contributed by atoms with van der Waals surface area (Å²) in [4.78, 5) is 0.131. The summed E-state index contributed by atoms with van der Waals surface area (Å²) in [5.74, 6) is 0. The predicted molar refractivity (Wildman–Crippen MR) is 85.7 cm³/mol. The van der Waals surface area contributed by atoms with Crippen LogP contribution in [0.3, 0.4) is 0 Å². The van der Waals surface area contributed by atoms with Gasteiger partial charge in [-0.2, -0.15) is 0 Å². The van der Waals surface area contributed by atoms with Crippen LogP contribution in [0.2, 0.25) is 0 Å². The van der Waals surface area contributed by atoms with Gasteiger partial charge in [0.05, 0.1) is 4.90 Å². The first-order chi connectivity index (χ1) is 9.90. The molecule has 0 heterocycles. The first-order valence-electron chi connectivity index (χ1n) is 6.88. The van der Waals surface area contributed by atoms with Crippen molar-refractivity contribution >= 4 is 15.7 Å². The normalized spacial score (nSPS) is 12.9. The van der Waals surface area contributed by atoms with Crippen LogP contribution in [0.25, 0.3) is 0 Å². The topological polar surface area (TPSA) is 72.2 Å². The number of hydrogen-bond acceptors (Lipinski definition) is 3. The number of sulfonamides is 1. The van der Waals surface area contributed by atoms with E-state index in [9.17, 15) is 8.42 Å². The van der Waals surface area contributed by atoms with Gasteiger partial charge in [-0.25, -0.2) is 13.6 Å². The average Bonchev–Trinajstić information content (AvgIpc) is 2.46. The Balaban J connectivity index is 2.14. The molecule has 2 aromatic rings. The van der Waals surface area contributed by atoms with Crippen LogP contribution < -0.4 is 10.5 Å². The Bertz CT molecular complexity index is 709. The highest BCUT2D eigenvalue weighted by molar-refractivity contribution is 7.89. The Morgan fingerprint density at radius 1 is 1.14 bits per heavy atom. The van der Waals surface area contributed by atoms with E-state index in [1.807, 2.05) is 19.1 Å². The van der Waals surface area contributed by atoms with Crippen molar-refractivity contribution in [3.63, 3.8) is 0 Å². The molecule has 21 heavy (non-hydrogen) atoms. The monoisotopic (exact) mass is 304 g/mol. The third-order valence-electron chi connectivity index (χ3n) is 3.43. The minimum atomic E-state index is -3.63. The summed E-state index contributed by atoms with van der Waals surface area (Å²) in [6.45, 7) is 4.15. The highest BCUT2D eigenvalue weighted by Gasteiger charge is 2.10. The smallest absolute Gasteiger partial charge is 0.238 e. The number of anilines is 1. The average molecular weight is 304 g/mol. The maximum absolute atomic E-state index is 11.2. The molecule has 5 heteroatoms. The van der Waals surface area contributed by atoms with Crippen molar-refractivity contribution < 1.29 is 8.42 Å². The van der Waals surface area contributed by atoms with Crippen molar-refractivity contribution in [1.29, 1.82) is 0 Å². The maximum atomic E-state index is 11.2. The summed E-state index contributed by atoms with van der Waals surface area (Å²) in [6, 6.07) is 15.0. The van der Waals surface area contributed by atoms with Crippen LogP contribution in [0.4, 0.5) is 5.69 Å². The summed E-state index contributed by atoms with van der Waals surface area (Å²) in [5, 5.41) is 8.51. The molecule has 0 spiro atoms. The second kappa shape index (κ2) is 6.28. The highest BCUT2D eigenvalue weighted by atomic mass is 32.2. The minimum Gasteiger partial charge on any atom is -0.379 e. The van der Waals surface area contributed by atoms with Gasteiger partial charge in [-0.05, 0) is 48.7 Å². The van der Waals surface area contributed by atoms with Gasteiger partial charge in [0, 0.05) is 11.7 Å². The van der Waals surface area contributed by atoms with E-state index in [2.05, 4.69) is 24.4 Å². The van der Waals surface area contributed by atoms with Crippen LogP contribution >= 0.6 is 0 Å². The maximum Gasteiger partial charge on any atom is 0.238 e. The molecule has 4 nitrogen and oxygen atoms in total. The van der Waals surface area contributed by atoms with Crippen LogP contribution in [0.15, 0.2) is 53.4 Å². The molecule has 0 aliphatic carbocycles.